The van der Waals surface area contributed by atoms with Gasteiger partial charge in [-0.05, 0) is 24.6 Å². The largest absolute Gasteiger partial charge is 0.387 e. The number of hydrogen-bond acceptors (Lipinski definition) is 2. The molecule has 0 fully saturated rings. The minimum atomic E-state index is -1.10. The van der Waals surface area contributed by atoms with Gasteiger partial charge in [-0.1, -0.05) is 11.6 Å². The van der Waals surface area contributed by atoms with Crippen molar-refractivity contribution in [2.45, 2.75) is 19.1 Å². The minimum absolute atomic E-state index is 0.0828. The Morgan fingerprint density at radius 1 is 1.36 bits per heavy atom. The molecule has 0 saturated carbocycles. The molecule has 0 saturated heterocycles. The van der Waals surface area contributed by atoms with Crippen LogP contribution >= 0.6 is 11.6 Å². The average Bonchev–Trinajstić information content (AvgIpc) is 2.12. The van der Waals surface area contributed by atoms with Gasteiger partial charge in [-0.2, -0.15) is 0 Å². The number of nitrogens with two attached hydrogens (primary N) is 1. The first-order chi connectivity index (χ1) is 6.43. The zero-order valence-corrected chi connectivity index (χ0v) is 8.22. The molecule has 0 aliphatic heterocycles. The lowest BCUT2D eigenvalue weighted by Crippen LogP contribution is -2.24. The summed E-state index contributed by atoms with van der Waals surface area (Å²) in [6.45, 7) is 1.54. The number of hydrogen-bond donors (Lipinski definition) is 2. The van der Waals surface area contributed by atoms with Crippen molar-refractivity contribution in [2.24, 2.45) is 5.73 Å². The van der Waals surface area contributed by atoms with Crippen LogP contribution in [0.4, 0.5) is 8.78 Å². The monoisotopic (exact) mass is 221 g/mol. The van der Waals surface area contributed by atoms with Gasteiger partial charge in [0, 0.05) is 6.04 Å². The summed E-state index contributed by atoms with van der Waals surface area (Å²) in [4.78, 5) is 0. The topological polar surface area (TPSA) is 46.2 Å². The van der Waals surface area contributed by atoms with Gasteiger partial charge in [0.1, 0.15) is 16.7 Å². The lowest BCUT2D eigenvalue weighted by atomic mass is 10.0. The Morgan fingerprint density at radius 3 is 2.14 bits per heavy atom. The van der Waals surface area contributed by atoms with Crippen molar-refractivity contribution in [2.75, 3.05) is 0 Å². The second-order valence-electron chi connectivity index (χ2n) is 3.10. The van der Waals surface area contributed by atoms with Gasteiger partial charge in [-0.3, -0.25) is 0 Å². The fourth-order valence-corrected chi connectivity index (χ4v) is 1.16. The van der Waals surface area contributed by atoms with Crippen molar-refractivity contribution in [1.82, 2.24) is 0 Å². The van der Waals surface area contributed by atoms with E-state index in [1.807, 2.05) is 0 Å². The van der Waals surface area contributed by atoms with Crippen molar-refractivity contribution < 1.29 is 13.9 Å². The molecule has 0 heterocycles. The summed E-state index contributed by atoms with van der Waals surface area (Å²) in [5, 5.41) is 8.86. The predicted octanol–water partition coefficient (Wildman–Crippen LogP) is 2.00. The Labute approximate surface area is 85.3 Å². The molecule has 3 N–H and O–H groups in total. The molecule has 1 aromatic rings. The fraction of sp³-hybridized carbons (Fsp3) is 0.333. The van der Waals surface area contributed by atoms with E-state index in [0.29, 0.717) is 0 Å². The molecule has 2 nitrogen and oxygen atoms in total. The van der Waals surface area contributed by atoms with Crippen LogP contribution < -0.4 is 5.73 Å². The van der Waals surface area contributed by atoms with E-state index in [1.165, 1.54) is 6.92 Å². The molecular formula is C9H10ClF2NO. The molecule has 1 aromatic carbocycles. The van der Waals surface area contributed by atoms with Crippen LogP contribution in [0.25, 0.3) is 0 Å². The maximum Gasteiger partial charge on any atom is 0.145 e. The molecular weight excluding hydrogens is 212 g/mol. The molecule has 0 spiro atoms. The van der Waals surface area contributed by atoms with Crippen LogP contribution in [-0.4, -0.2) is 11.1 Å². The molecule has 0 unspecified atom stereocenters. The summed E-state index contributed by atoms with van der Waals surface area (Å²) in [5.74, 6) is -1.80. The number of aliphatic hydroxyl groups is 1. The van der Waals surface area contributed by atoms with E-state index in [0.717, 1.165) is 12.1 Å². The van der Waals surface area contributed by atoms with Crippen LogP contribution in [0, 0.1) is 11.6 Å². The van der Waals surface area contributed by atoms with Crippen molar-refractivity contribution in [3.63, 3.8) is 0 Å². The van der Waals surface area contributed by atoms with Crippen molar-refractivity contribution in [3.8, 4) is 0 Å². The zero-order chi connectivity index (χ0) is 10.9. The molecule has 2 atom stereocenters. The molecule has 0 radical (unpaired) electrons. The molecule has 1 rings (SSSR count). The summed E-state index contributed by atoms with van der Waals surface area (Å²) in [6, 6.07) is 1.34. The van der Waals surface area contributed by atoms with Gasteiger partial charge in [-0.25, -0.2) is 8.78 Å². The second kappa shape index (κ2) is 4.21. The van der Waals surface area contributed by atoms with Crippen LogP contribution in [0.5, 0.6) is 0 Å². The number of benzene rings is 1. The molecule has 14 heavy (non-hydrogen) atoms. The van der Waals surface area contributed by atoms with Crippen molar-refractivity contribution in [3.05, 3.63) is 34.4 Å². The highest BCUT2D eigenvalue weighted by Crippen LogP contribution is 2.24. The van der Waals surface area contributed by atoms with E-state index >= 15 is 0 Å². The van der Waals surface area contributed by atoms with E-state index in [2.05, 4.69) is 0 Å². The maximum atomic E-state index is 12.9. The van der Waals surface area contributed by atoms with Crippen LogP contribution in [0.15, 0.2) is 12.1 Å². The molecule has 0 aromatic heterocycles. The third-order valence-electron chi connectivity index (χ3n) is 1.85. The summed E-state index contributed by atoms with van der Waals surface area (Å²) in [5.41, 5.74) is 5.46. The van der Waals surface area contributed by atoms with Crippen LogP contribution in [0.3, 0.4) is 0 Å². The van der Waals surface area contributed by atoms with E-state index in [1.54, 1.807) is 0 Å². The van der Waals surface area contributed by atoms with Gasteiger partial charge in [0.15, 0.2) is 0 Å². The number of halogens is 3. The summed E-state index contributed by atoms with van der Waals surface area (Å²) >= 11 is 5.27. The zero-order valence-electron chi connectivity index (χ0n) is 7.47. The Balaban J connectivity index is 3.12. The smallest absolute Gasteiger partial charge is 0.145 e. The van der Waals surface area contributed by atoms with Gasteiger partial charge < -0.3 is 10.8 Å². The molecule has 0 aliphatic carbocycles. The first kappa shape index (κ1) is 11.4. The van der Waals surface area contributed by atoms with E-state index in [9.17, 15) is 13.9 Å². The molecule has 0 aliphatic rings. The quantitative estimate of drug-likeness (QED) is 0.751. The van der Waals surface area contributed by atoms with Crippen molar-refractivity contribution >= 4 is 11.6 Å². The van der Waals surface area contributed by atoms with Crippen LogP contribution in [-0.2, 0) is 0 Å². The van der Waals surface area contributed by atoms with Crippen LogP contribution in [0.1, 0.15) is 18.6 Å². The van der Waals surface area contributed by atoms with E-state index in [4.69, 9.17) is 17.3 Å². The normalized spacial score (nSPS) is 15.3. The lowest BCUT2D eigenvalue weighted by molar-refractivity contribution is 0.152. The molecule has 78 valence electrons. The van der Waals surface area contributed by atoms with Gasteiger partial charge >= 0.3 is 0 Å². The number of rotatable bonds is 2. The average molecular weight is 222 g/mol. The highest BCUT2D eigenvalue weighted by Gasteiger charge is 2.17. The third kappa shape index (κ3) is 2.20. The lowest BCUT2D eigenvalue weighted by Gasteiger charge is -2.15. The van der Waals surface area contributed by atoms with Gasteiger partial charge in [-0.15, -0.1) is 0 Å². The fourth-order valence-electron chi connectivity index (χ4n) is 1.05. The van der Waals surface area contributed by atoms with E-state index in [-0.39, 0.29) is 5.56 Å². The highest BCUT2D eigenvalue weighted by atomic mass is 35.5. The predicted molar refractivity (Wildman–Crippen MR) is 50.0 cm³/mol. The molecule has 0 amide bonds. The van der Waals surface area contributed by atoms with Gasteiger partial charge in [0.05, 0.1) is 6.10 Å². The first-order valence-corrected chi connectivity index (χ1v) is 4.39. The molecule has 0 bridgehead atoms. The summed E-state index contributed by atoms with van der Waals surface area (Å²) < 4.78 is 25.9. The SMILES string of the molecule is C[C@H](N)[C@H](O)c1cc(F)c(Cl)c(F)c1. The summed E-state index contributed by atoms with van der Waals surface area (Å²) in [6.07, 6.45) is -1.10. The third-order valence-corrected chi connectivity index (χ3v) is 2.21. The minimum Gasteiger partial charge on any atom is -0.387 e. The van der Waals surface area contributed by atoms with Crippen molar-refractivity contribution in [1.29, 1.82) is 0 Å². The Hall–Kier alpha value is -0.710. The van der Waals surface area contributed by atoms with E-state index < -0.39 is 28.8 Å². The maximum absolute atomic E-state index is 12.9. The second-order valence-corrected chi connectivity index (χ2v) is 3.48. The number of aliphatic hydroxyl groups excluding tert-OH is 1. The highest BCUT2D eigenvalue weighted by molar-refractivity contribution is 6.30. The first-order valence-electron chi connectivity index (χ1n) is 4.01. The Bertz CT molecular complexity index is 321. The standard InChI is InChI=1S/C9H10ClF2NO/c1-4(13)9(14)5-2-6(11)8(10)7(12)3-5/h2-4,9,14H,13H2,1H3/t4-,9-/m0/s1. The molecule has 5 heteroatoms. The summed E-state index contributed by atoms with van der Waals surface area (Å²) in [7, 11) is 0. The Kier molecular flexibility index (Phi) is 3.42. The van der Waals surface area contributed by atoms with Gasteiger partial charge in [0.2, 0.25) is 0 Å². The Morgan fingerprint density at radius 2 is 1.79 bits per heavy atom. The van der Waals surface area contributed by atoms with Crippen LogP contribution in [0.2, 0.25) is 5.02 Å². The van der Waals surface area contributed by atoms with Gasteiger partial charge in [0.25, 0.3) is 0 Å².